The van der Waals surface area contributed by atoms with Crippen molar-refractivity contribution in [2.45, 2.75) is 0 Å². The lowest BCUT2D eigenvalue weighted by Crippen LogP contribution is -1.98. The molecule has 0 N–H and O–H groups in total. The van der Waals surface area contributed by atoms with Crippen molar-refractivity contribution in [3.63, 3.8) is 0 Å². The van der Waals surface area contributed by atoms with E-state index in [2.05, 4.69) is 0 Å². The van der Waals surface area contributed by atoms with Gasteiger partial charge >= 0.3 is 0 Å². The number of benzene rings is 1. The summed E-state index contributed by atoms with van der Waals surface area (Å²) in [6.45, 7) is 0. The Hall–Kier alpha value is 0.396. The van der Waals surface area contributed by atoms with Crippen LogP contribution in [0.1, 0.15) is 0 Å². The van der Waals surface area contributed by atoms with E-state index in [0.717, 1.165) is 3.69 Å². The summed E-state index contributed by atoms with van der Waals surface area (Å²) >= 11 is 1.74. The van der Waals surface area contributed by atoms with Gasteiger partial charge in [-0.2, -0.15) is 0 Å². The molecule has 1 aromatic rings. The Morgan fingerprint density at radius 2 is 1.56 bits per heavy atom. The highest BCUT2D eigenvalue weighted by atomic mass is 79.9. The van der Waals surface area contributed by atoms with E-state index in [4.69, 9.17) is 0 Å². The monoisotopic (exact) mass is 199 g/mol. The molecule has 0 saturated heterocycles. The first-order valence-corrected chi connectivity index (χ1v) is 3.07. The van der Waals surface area contributed by atoms with Crippen molar-refractivity contribution in [1.82, 2.24) is 0 Å². The van der Waals surface area contributed by atoms with E-state index >= 15 is 0 Å². The van der Waals surface area contributed by atoms with E-state index in [1.54, 1.807) is 33.8 Å². The molecule has 0 amide bonds. The zero-order valence-corrected chi connectivity index (χ0v) is 7.93. The summed E-state index contributed by atoms with van der Waals surface area (Å²) in [6.07, 6.45) is 0. The molecule has 3 heteroatoms. The zero-order valence-electron chi connectivity index (χ0n) is 4.80. The van der Waals surface area contributed by atoms with Gasteiger partial charge in [-0.25, -0.2) is 8.08 Å². The van der Waals surface area contributed by atoms with Crippen molar-refractivity contribution in [3.8, 4) is 0 Å². The van der Waals surface area contributed by atoms with E-state index in [9.17, 15) is 4.39 Å². The minimum absolute atomic E-state index is 0. The van der Waals surface area contributed by atoms with Crippen molar-refractivity contribution >= 4 is 42.4 Å². The van der Waals surface area contributed by atoms with Crippen molar-refractivity contribution in [3.05, 3.63) is 30.1 Å². The quantitative estimate of drug-likeness (QED) is 0.552. The molecule has 0 aliphatic rings. The van der Waals surface area contributed by atoms with Gasteiger partial charge in [0, 0.05) is 0 Å². The van der Waals surface area contributed by atoms with E-state index in [-0.39, 0.29) is 22.8 Å². The summed E-state index contributed by atoms with van der Waals surface area (Å²) in [5, 5.41) is 0. The predicted octanol–water partition coefficient (Wildman–Crippen LogP) is 1.20. The maximum Gasteiger partial charge on any atom is 0.276 e. The fourth-order valence-corrected chi connectivity index (χ4v) is 0.720. The van der Waals surface area contributed by atoms with Crippen LogP contribution in [0.25, 0.3) is 0 Å². The van der Waals surface area contributed by atoms with Crippen LogP contribution in [0.4, 0.5) is 4.39 Å². The molecule has 0 heterocycles. The van der Waals surface area contributed by atoms with Gasteiger partial charge in [0.05, 0.1) is 0 Å². The second-order valence-corrected chi connectivity index (χ2v) is 2.44. The molecular formula is C6H5BrFMg. The van der Waals surface area contributed by atoms with Crippen LogP contribution in [0, 0.1) is 5.82 Å². The molecule has 1 rings (SSSR count). The van der Waals surface area contributed by atoms with Gasteiger partial charge in [-0.3, -0.25) is 0 Å². The largest absolute Gasteiger partial charge is 0.276 e. The van der Waals surface area contributed by atoms with Crippen LogP contribution in [0.2, 0.25) is 0 Å². The second-order valence-electron chi connectivity index (χ2n) is 1.63. The highest BCUT2D eigenvalue weighted by Gasteiger charge is 1.82. The molecule has 0 atom stereocenters. The van der Waals surface area contributed by atoms with E-state index < -0.39 is 0 Å². The lowest BCUT2D eigenvalue weighted by molar-refractivity contribution is 0.628. The van der Waals surface area contributed by atoms with Gasteiger partial charge < -0.3 is 0 Å². The Kier molecular flexibility index (Phi) is 4.44. The average molecular weight is 200 g/mol. The molecule has 0 fully saturated rings. The normalized spacial score (nSPS) is 8.00. The Morgan fingerprint density at radius 1 is 1.11 bits per heavy atom. The average Bonchev–Trinajstić information content (AvgIpc) is 1.77. The minimum atomic E-state index is -0.166. The van der Waals surface area contributed by atoms with Crippen molar-refractivity contribution in [2.75, 3.05) is 0 Å². The van der Waals surface area contributed by atoms with Crippen molar-refractivity contribution in [2.24, 2.45) is 0 Å². The van der Waals surface area contributed by atoms with Gasteiger partial charge in [0.25, 0.3) is 21.7 Å². The molecule has 0 bridgehead atoms. The van der Waals surface area contributed by atoms with Gasteiger partial charge in [0.15, 0.2) is 0 Å². The Balaban J connectivity index is 0.000000640. The van der Waals surface area contributed by atoms with Crippen LogP contribution in [-0.4, -0.2) is 21.7 Å². The van der Waals surface area contributed by atoms with Gasteiger partial charge in [0.2, 0.25) is 0 Å². The molecule has 0 aliphatic carbocycles. The summed E-state index contributed by atoms with van der Waals surface area (Å²) < 4.78 is 13.2. The van der Waals surface area contributed by atoms with Crippen molar-refractivity contribution < 1.29 is 4.39 Å². The number of hydrogen-bond donors (Lipinski definition) is 0. The summed E-state index contributed by atoms with van der Waals surface area (Å²) in [5.74, 6) is -0.166. The van der Waals surface area contributed by atoms with Crippen LogP contribution in [0.3, 0.4) is 0 Å². The van der Waals surface area contributed by atoms with Crippen LogP contribution in [-0.2, 0) is 0 Å². The zero-order chi connectivity index (χ0) is 5.98. The minimum Gasteiger partial charge on any atom is -0.208 e. The number of halogens is 2. The fourth-order valence-electron chi connectivity index (χ4n) is 0.484. The van der Waals surface area contributed by atoms with Gasteiger partial charge in [0.1, 0.15) is 5.82 Å². The molecule has 45 valence electrons. The Labute approximate surface area is 76.7 Å². The third-order valence-electron chi connectivity index (χ3n) is 0.913. The maximum atomic E-state index is 12.1. The van der Waals surface area contributed by atoms with E-state index in [1.165, 1.54) is 12.1 Å². The SMILES string of the molecule is Br.Fc1cc[c]([Mg])cc1. The summed E-state index contributed by atoms with van der Waals surface area (Å²) in [5.41, 5.74) is 0. The van der Waals surface area contributed by atoms with E-state index in [1.807, 2.05) is 0 Å². The third-order valence-corrected chi connectivity index (χ3v) is 1.38. The molecule has 0 aliphatic heterocycles. The van der Waals surface area contributed by atoms with Crippen LogP contribution < -0.4 is 3.69 Å². The molecule has 1 radical (unpaired) electrons. The third kappa shape index (κ3) is 3.18. The van der Waals surface area contributed by atoms with Crippen LogP contribution >= 0.6 is 17.0 Å². The molecule has 0 saturated carbocycles. The van der Waals surface area contributed by atoms with Crippen molar-refractivity contribution in [1.29, 1.82) is 0 Å². The summed E-state index contributed by atoms with van der Waals surface area (Å²) in [6, 6.07) is 6.44. The summed E-state index contributed by atoms with van der Waals surface area (Å²) in [7, 11) is 0. The lowest BCUT2D eigenvalue weighted by Gasteiger charge is -1.89. The molecule has 9 heavy (non-hydrogen) atoms. The second kappa shape index (κ2) is 4.25. The molecule has 0 spiro atoms. The Bertz CT molecular complexity index is 152. The topological polar surface area (TPSA) is 0 Å². The smallest absolute Gasteiger partial charge is 0.208 e. The fraction of sp³-hybridized carbons (Fsp3) is 0. The summed E-state index contributed by atoms with van der Waals surface area (Å²) in [4.78, 5) is 0. The highest BCUT2D eigenvalue weighted by Crippen LogP contribution is 1.89. The Morgan fingerprint density at radius 3 is 1.89 bits per heavy atom. The van der Waals surface area contributed by atoms with Gasteiger partial charge in [-0.15, -0.1) is 17.0 Å². The first kappa shape index (κ1) is 9.40. The van der Waals surface area contributed by atoms with Crippen LogP contribution in [0.5, 0.6) is 0 Å². The molecule has 0 unspecified atom stereocenters. The number of hydrogen-bond acceptors (Lipinski definition) is 0. The standard InChI is InChI=1S/C6H4F.BrH.Mg/c7-6-4-2-1-3-5-6;;/h2-5H;1H;. The molecule has 0 aromatic heterocycles. The maximum absolute atomic E-state index is 12.1. The highest BCUT2D eigenvalue weighted by molar-refractivity contribution is 8.93. The number of rotatable bonds is 0. The molecule has 0 nitrogen and oxygen atoms in total. The van der Waals surface area contributed by atoms with Gasteiger partial charge in [-0.05, 0) is 12.1 Å². The first-order valence-electron chi connectivity index (χ1n) is 2.36. The van der Waals surface area contributed by atoms with Crippen LogP contribution in [0.15, 0.2) is 24.3 Å². The van der Waals surface area contributed by atoms with E-state index in [0.29, 0.717) is 0 Å². The molecular weight excluding hydrogens is 195 g/mol. The molecule has 1 aromatic carbocycles. The predicted molar refractivity (Wildman–Crippen MR) is 42.1 cm³/mol. The van der Waals surface area contributed by atoms with Gasteiger partial charge in [-0.1, -0.05) is 12.1 Å². The lowest BCUT2D eigenvalue weighted by atomic mass is 10.3. The first-order chi connectivity index (χ1) is 3.79.